The van der Waals surface area contributed by atoms with Gasteiger partial charge in [-0.3, -0.25) is 4.98 Å². The molecule has 1 aromatic heterocycles. The van der Waals surface area contributed by atoms with Gasteiger partial charge in [-0.2, -0.15) is 10.5 Å². The van der Waals surface area contributed by atoms with Crippen molar-refractivity contribution in [3.8, 4) is 23.6 Å². The Morgan fingerprint density at radius 3 is 2.44 bits per heavy atom. The summed E-state index contributed by atoms with van der Waals surface area (Å²) < 4.78 is 10.7. The van der Waals surface area contributed by atoms with Crippen molar-refractivity contribution in [3.05, 3.63) is 53.7 Å². The molecule has 1 heterocycles. The standard InChI is InChI=1S/C19H14N4O2/c1-24-17-7-15-16(8-18(17)25-2)22-11-13(10-21)19(15)23-14-5-3-4-12(6-14)9-20/h3-8,11H,1-2H3,(H,22,23). The summed E-state index contributed by atoms with van der Waals surface area (Å²) in [6.45, 7) is 0. The van der Waals surface area contributed by atoms with Crippen LogP contribution >= 0.6 is 0 Å². The molecule has 6 nitrogen and oxygen atoms in total. The van der Waals surface area contributed by atoms with Gasteiger partial charge in [-0.15, -0.1) is 0 Å². The van der Waals surface area contributed by atoms with Gasteiger partial charge < -0.3 is 14.8 Å². The summed E-state index contributed by atoms with van der Waals surface area (Å²) in [5.41, 5.74) is 2.89. The van der Waals surface area contributed by atoms with E-state index in [0.717, 1.165) is 5.39 Å². The van der Waals surface area contributed by atoms with E-state index in [2.05, 4.69) is 22.4 Å². The fourth-order valence-electron chi connectivity index (χ4n) is 2.55. The molecule has 6 heteroatoms. The molecule has 3 aromatic rings. The average Bonchev–Trinajstić information content (AvgIpc) is 2.67. The van der Waals surface area contributed by atoms with Gasteiger partial charge in [0.05, 0.1) is 42.6 Å². The molecular weight excluding hydrogens is 316 g/mol. The summed E-state index contributed by atoms with van der Waals surface area (Å²) in [7, 11) is 3.11. The van der Waals surface area contributed by atoms with E-state index in [4.69, 9.17) is 14.7 Å². The van der Waals surface area contributed by atoms with E-state index < -0.39 is 0 Å². The molecule has 1 N–H and O–H groups in total. The Kier molecular flexibility index (Phi) is 4.36. The Morgan fingerprint density at radius 1 is 1.00 bits per heavy atom. The van der Waals surface area contributed by atoms with Gasteiger partial charge in [-0.05, 0) is 24.3 Å². The lowest BCUT2D eigenvalue weighted by atomic mass is 10.1. The Bertz CT molecular complexity index is 1030. The molecule has 0 radical (unpaired) electrons. The highest BCUT2D eigenvalue weighted by molar-refractivity contribution is 5.97. The number of ether oxygens (including phenoxy) is 2. The van der Waals surface area contributed by atoms with Crippen LogP contribution in [0.4, 0.5) is 11.4 Å². The monoisotopic (exact) mass is 330 g/mol. The highest BCUT2D eigenvalue weighted by Crippen LogP contribution is 2.36. The first-order valence-electron chi connectivity index (χ1n) is 7.42. The smallest absolute Gasteiger partial charge is 0.162 e. The first-order valence-corrected chi connectivity index (χ1v) is 7.42. The van der Waals surface area contributed by atoms with Gasteiger partial charge >= 0.3 is 0 Å². The minimum Gasteiger partial charge on any atom is -0.493 e. The molecule has 0 aliphatic rings. The molecule has 25 heavy (non-hydrogen) atoms. The van der Waals surface area contributed by atoms with Crippen molar-refractivity contribution in [1.29, 1.82) is 10.5 Å². The highest BCUT2D eigenvalue weighted by atomic mass is 16.5. The van der Waals surface area contributed by atoms with Crippen LogP contribution in [-0.2, 0) is 0 Å². The molecule has 0 aliphatic carbocycles. The summed E-state index contributed by atoms with van der Waals surface area (Å²) >= 11 is 0. The summed E-state index contributed by atoms with van der Waals surface area (Å²) in [6, 6.07) is 14.8. The van der Waals surface area contributed by atoms with Crippen molar-refractivity contribution in [2.75, 3.05) is 19.5 Å². The quantitative estimate of drug-likeness (QED) is 0.783. The number of aromatic nitrogens is 1. The van der Waals surface area contributed by atoms with Crippen LogP contribution in [0, 0.1) is 22.7 Å². The van der Waals surface area contributed by atoms with Crippen molar-refractivity contribution < 1.29 is 9.47 Å². The SMILES string of the molecule is COc1cc2ncc(C#N)c(Nc3cccc(C#N)c3)c2cc1OC. The Balaban J connectivity index is 2.21. The van der Waals surface area contributed by atoms with Crippen molar-refractivity contribution in [2.24, 2.45) is 0 Å². The topological polar surface area (TPSA) is 91.0 Å². The second-order valence-corrected chi connectivity index (χ2v) is 5.20. The molecule has 0 saturated carbocycles. The maximum Gasteiger partial charge on any atom is 0.162 e. The predicted molar refractivity (Wildman–Crippen MR) is 94.0 cm³/mol. The van der Waals surface area contributed by atoms with Crippen LogP contribution in [0.25, 0.3) is 10.9 Å². The van der Waals surface area contributed by atoms with E-state index in [9.17, 15) is 5.26 Å². The number of benzene rings is 2. The van der Waals surface area contributed by atoms with Crippen molar-refractivity contribution in [1.82, 2.24) is 4.98 Å². The number of nitriles is 2. The van der Waals surface area contributed by atoms with E-state index >= 15 is 0 Å². The molecule has 0 fully saturated rings. The van der Waals surface area contributed by atoms with Crippen molar-refractivity contribution >= 4 is 22.3 Å². The van der Waals surface area contributed by atoms with Gasteiger partial charge in [0.15, 0.2) is 11.5 Å². The molecule has 0 atom stereocenters. The second-order valence-electron chi connectivity index (χ2n) is 5.20. The summed E-state index contributed by atoms with van der Waals surface area (Å²) in [4.78, 5) is 4.32. The molecule has 0 spiro atoms. The van der Waals surface area contributed by atoms with Crippen LogP contribution in [0.15, 0.2) is 42.6 Å². The largest absolute Gasteiger partial charge is 0.493 e. The number of methoxy groups -OCH3 is 2. The summed E-state index contributed by atoms with van der Waals surface area (Å²) in [6.07, 6.45) is 1.50. The second kappa shape index (κ2) is 6.77. The maximum atomic E-state index is 9.45. The highest BCUT2D eigenvalue weighted by Gasteiger charge is 2.14. The zero-order valence-electron chi connectivity index (χ0n) is 13.7. The van der Waals surface area contributed by atoms with Crippen LogP contribution in [-0.4, -0.2) is 19.2 Å². The van der Waals surface area contributed by atoms with E-state index in [-0.39, 0.29) is 0 Å². The summed E-state index contributed by atoms with van der Waals surface area (Å²) in [5.74, 6) is 1.10. The first-order chi connectivity index (χ1) is 12.2. The van der Waals surface area contributed by atoms with Crippen molar-refractivity contribution in [3.63, 3.8) is 0 Å². The van der Waals surface area contributed by atoms with Crippen molar-refractivity contribution in [2.45, 2.75) is 0 Å². The number of hydrogen-bond donors (Lipinski definition) is 1. The van der Waals surface area contributed by atoms with Gasteiger partial charge in [-0.25, -0.2) is 0 Å². The van der Waals surface area contributed by atoms with E-state index in [0.29, 0.717) is 39.5 Å². The number of hydrogen-bond acceptors (Lipinski definition) is 6. The Labute approximate surface area is 144 Å². The molecular formula is C19H14N4O2. The minimum absolute atomic E-state index is 0.391. The molecule has 0 amide bonds. The molecule has 2 aromatic carbocycles. The van der Waals surface area contributed by atoms with Gasteiger partial charge in [0.25, 0.3) is 0 Å². The fraction of sp³-hybridized carbons (Fsp3) is 0.105. The summed E-state index contributed by atoms with van der Waals surface area (Å²) in [5, 5.41) is 22.4. The van der Waals surface area contributed by atoms with Crippen LogP contribution in [0.2, 0.25) is 0 Å². The number of fused-ring (bicyclic) bond motifs is 1. The lowest BCUT2D eigenvalue weighted by Crippen LogP contribution is -1.98. The minimum atomic E-state index is 0.391. The Hall–Kier alpha value is -3.77. The van der Waals surface area contributed by atoms with E-state index in [1.165, 1.54) is 6.20 Å². The number of anilines is 2. The van der Waals surface area contributed by atoms with Gasteiger partial charge in [0.2, 0.25) is 0 Å². The van der Waals surface area contributed by atoms with Crippen LogP contribution in [0.1, 0.15) is 11.1 Å². The zero-order valence-corrected chi connectivity index (χ0v) is 13.7. The maximum absolute atomic E-state index is 9.45. The number of rotatable bonds is 4. The van der Waals surface area contributed by atoms with Crippen LogP contribution in [0.3, 0.4) is 0 Å². The van der Waals surface area contributed by atoms with E-state index in [1.54, 1.807) is 44.6 Å². The molecule has 122 valence electrons. The average molecular weight is 330 g/mol. The van der Waals surface area contributed by atoms with Crippen LogP contribution in [0.5, 0.6) is 11.5 Å². The lowest BCUT2D eigenvalue weighted by molar-refractivity contribution is 0.356. The third-order valence-corrected chi connectivity index (χ3v) is 3.75. The van der Waals surface area contributed by atoms with Crippen LogP contribution < -0.4 is 14.8 Å². The number of nitrogens with zero attached hydrogens (tertiary/aromatic N) is 3. The third kappa shape index (κ3) is 3.01. The molecule has 0 aliphatic heterocycles. The van der Waals surface area contributed by atoms with Gasteiger partial charge in [0.1, 0.15) is 6.07 Å². The first kappa shape index (κ1) is 16.1. The van der Waals surface area contributed by atoms with E-state index in [1.807, 2.05) is 6.07 Å². The molecule has 0 bridgehead atoms. The Morgan fingerprint density at radius 2 is 1.76 bits per heavy atom. The number of pyridine rings is 1. The van der Waals surface area contributed by atoms with Gasteiger partial charge in [-0.1, -0.05) is 6.07 Å². The number of nitrogens with one attached hydrogen (secondary N) is 1. The fourth-order valence-corrected chi connectivity index (χ4v) is 2.55. The molecule has 0 unspecified atom stereocenters. The predicted octanol–water partition coefficient (Wildman–Crippen LogP) is 3.74. The van der Waals surface area contributed by atoms with Gasteiger partial charge in [0, 0.05) is 23.3 Å². The molecule has 0 saturated heterocycles. The molecule has 3 rings (SSSR count). The normalized spacial score (nSPS) is 9.92. The lowest BCUT2D eigenvalue weighted by Gasteiger charge is -2.14. The third-order valence-electron chi connectivity index (χ3n) is 3.75. The zero-order chi connectivity index (χ0) is 17.8.